The lowest BCUT2D eigenvalue weighted by molar-refractivity contribution is -0.137. The molecule has 0 amide bonds. The Morgan fingerprint density at radius 2 is 2.00 bits per heavy atom. The number of carboxylic acid groups (broad SMARTS) is 1. The van der Waals surface area contributed by atoms with Crippen LogP contribution in [0.4, 0.5) is 0 Å². The average molecular weight is 257 g/mol. The zero-order chi connectivity index (χ0) is 10.6. The van der Waals surface area contributed by atoms with Gasteiger partial charge in [-0.3, -0.25) is 4.79 Å². The van der Waals surface area contributed by atoms with Crippen molar-refractivity contribution in [2.75, 3.05) is 0 Å². The van der Waals surface area contributed by atoms with Crippen molar-refractivity contribution in [3.05, 3.63) is 34.3 Å². The van der Waals surface area contributed by atoms with Gasteiger partial charge in [-0.2, -0.15) is 0 Å². The summed E-state index contributed by atoms with van der Waals surface area (Å²) in [5, 5.41) is 8.72. The number of rotatable bonds is 4. The molecule has 0 saturated heterocycles. The summed E-state index contributed by atoms with van der Waals surface area (Å²) in [7, 11) is 0. The van der Waals surface area contributed by atoms with E-state index < -0.39 is 5.97 Å². The molecule has 76 valence electrons. The molecule has 2 nitrogen and oxygen atoms in total. The molecule has 1 N–H and O–H groups in total. The summed E-state index contributed by atoms with van der Waals surface area (Å²) >= 11 is 3.35. The molecule has 0 aromatic heterocycles. The third kappa shape index (κ3) is 3.14. The SMILES string of the molecule is CC[C@H](CC(=O)O)c1ccc(Br)cc1. The van der Waals surface area contributed by atoms with Crippen LogP contribution in [-0.2, 0) is 4.79 Å². The van der Waals surface area contributed by atoms with E-state index in [1.165, 1.54) is 0 Å². The van der Waals surface area contributed by atoms with Crippen molar-refractivity contribution >= 4 is 21.9 Å². The summed E-state index contributed by atoms with van der Waals surface area (Å²) < 4.78 is 1.02. The van der Waals surface area contributed by atoms with Crippen LogP contribution in [0.15, 0.2) is 28.7 Å². The molecule has 1 atom stereocenters. The van der Waals surface area contributed by atoms with Crippen LogP contribution in [0.3, 0.4) is 0 Å². The first-order valence-electron chi connectivity index (χ1n) is 4.60. The first-order chi connectivity index (χ1) is 6.63. The van der Waals surface area contributed by atoms with Crippen molar-refractivity contribution < 1.29 is 9.90 Å². The minimum absolute atomic E-state index is 0.126. The standard InChI is InChI=1S/C11H13BrO2/c1-2-8(7-11(13)14)9-3-5-10(12)6-4-9/h3-6,8H,2,7H2,1H3,(H,13,14)/t8-/m1/s1. The highest BCUT2D eigenvalue weighted by Gasteiger charge is 2.12. The van der Waals surface area contributed by atoms with E-state index in [4.69, 9.17) is 5.11 Å². The minimum Gasteiger partial charge on any atom is -0.481 e. The second-order valence-electron chi connectivity index (χ2n) is 3.25. The maximum absolute atomic E-state index is 10.6. The third-order valence-electron chi connectivity index (χ3n) is 2.26. The fraction of sp³-hybridized carbons (Fsp3) is 0.364. The van der Waals surface area contributed by atoms with Gasteiger partial charge in [0.25, 0.3) is 0 Å². The summed E-state index contributed by atoms with van der Waals surface area (Å²) in [5.41, 5.74) is 1.10. The molecule has 1 rings (SSSR count). The maximum atomic E-state index is 10.6. The molecule has 0 fully saturated rings. The van der Waals surface area contributed by atoms with Crippen molar-refractivity contribution in [1.29, 1.82) is 0 Å². The van der Waals surface area contributed by atoms with Crippen LogP contribution in [0.25, 0.3) is 0 Å². The molecule has 0 aliphatic rings. The summed E-state index contributed by atoms with van der Waals surface area (Å²) in [4.78, 5) is 10.6. The van der Waals surface area contributed by atoms with Gasteiger partial charge in [0.2, 0.25) is 0 Å². The number of hydrogen-bond acceptors (Lipinski definition) is 1. The smallest absolute Gasteiger partial charge is 0.303 e. The number of carbonyl (C=O) groups is 1. The summed E-state index contributed by atoms with van der Waals surface area (Å²) in [6, 6.07) is 7.84. The van der Waals surface area contributed by atoms with Crippen LogP contribution >= 0.6 is 15.9 Å². The summed E-state index contributed by atoms with van der Waals surface area (Å²) in [6.07, 6.45) is 1.06. The van der Waals surface area contributed by atoms with Crippen LogP contribution in [0.1, 0.15) is 31.2 Å². The third-order valence-corrected chi connectivity index (χ3v) is 2.78. The molecule has 3 heteroatoms. The lowest BCUT2D eigenvalue weighted by Gasteiger charge is -2.12. The van der Waals surface area contributed by atoms with Crippen LogP contribution < -0.4 is 0 Å². The Balaban J connectivity index is 2.78. The monoisotopic (exact) mass is 256 g/mol. The zero-order valence-electron chi connectivity index (χ0n) is 8.03. The lowest BCUT2D eigenvalue weighted by Crippen LogP contribution is -2.05. The van der Waals surface area contributed by atoms with Crippen molar-refractivity contribution in [2.45, 2.75) is 25.7 Å². The Labute approximate surface area is 92.1 Å². The van der Waals surface area contributed by atoms with E-state index in [0.717, 1.165) is 16.5 Å². The highest BCUT2D eigenvalue weighted by Crippen LogP contribution is 2.24. The first kappa shape index (κ1) is 11.2. The molecule has 0 saturated carbocycles. The molecule has 0 spiro atoms. The molecule has 1 aromatic rings. The second kappa shape index (κ2) is 5.15. The fourth-order valence-corrected chi connectivity index (χ4v) is 1.71. The molecule has 0 aliphatic carbocycles. The molecule has 0 aliphatic heterocycles. The van der Waals surface area contributed by atoms with Gasteiger partial charge in [0, 0.05) is 4.47 Å². The van der Waals surface area contributed by atoms with Crippen molar-refractivity contribution in [2.24, 2.45) is 0 Å². The largest absolute Gasteiger partial charge is 0.481 e. The Kier molecular flexibility index (Phi) is 4.14. The maximum Gasteiger partial charge on any atom is 0.303 e. The van der Waals surface area contributed by atoms with Crippen molar-refractivity contribution in [1.82, 2.24) is 0 Å². The normalized spacial score (nSPS) is 12.4. The van der Waals surface area contributed by atoms with Gasteiger partial charge >= 0.3 is 5.97 Å². The zero-order valence-corrected chi connectivity index (χ0v) is 9.62. The van der Waals surface area contributed by atoms with Gasteiger partial charge in [-0.1, -0.05) is 35.0 Å². The van der Waals surface area contributed by atoms with Crippen molar-refractivity contribution in [3.8, 4) is 0 Å². The van der Waals surface area contributed by atoms with Crippen LogP contribution in [0.2, 0.25) is 0 Å². The first-order valence-corrected chi connectivity index (χ1v) is 5.40. The van der Waals surface area contributed by atoms with E-state index in [1.807, 2.05) is 31.2 Å². The summed E-state index contributed by atoms with van der Waals surface area (Å²) in [5.74, 6) is -0.611. The van der Waals surface area contributed by atoms with Gasteiger partial charge in [-0.05, 0) is 30.0 Å². The Morgan fingerprint density at radius 3 is 2.43 bits per heavy atom. The van der Waals surface area contributed by atoms with Gasteiger partial charge < -0.3 is 5.11 Å². The van der Waals surface area contributed by atoms with Crippen LogP contribution in [-0.4, -0.2) is 11.1 Å². The van der Waals surface area contributed by atoms with E-state index >= 15 is 0 Å². The highest BCUT2D eigenvalue weighted by atomic mass is 79.9. The van der Waals surface area contributed by atoms with Crippen LogP contribution in [0.5, 0.6) is 0 Å². The Bertz CT molecular complexity index is 306. The highest BCUT2D eigenvalue weighted by molar-refractivity contribution is 9.10. The summed E-state index contributed by atoms with van der Waals surface area (Å²) in [6.45, 7) is 2.01. The molecule has 0 bridgehead atoms. The number of aliphatic carboxylic acids is 1. The van der Waals surface area contributed by atoms with Gasteiger partial charge in [-0.15, -0.1) is 0 Å². The van der Waals surface area contributed by atoms with Gasteiger partial charge in [0.15, 0.2) is 0 Å². The van der Waals surface area contributed by atoms with Gasteiger partial charge in [0.05, 0.1) is 6.42 Å². The number of halogens is 1. The van der Waals surface area contributed by atoms with Crippen molar-refractivity contribution in [3.63, 3.8) is 0 Å². The molecule has 0 radical (unpaired) electrons. The van der Waals surface area contributed by atoms with E-state index in [1.54, 1.807) is 0 Å². The van der Waals surface area contributed by atoms with Crippen LogP contribution in [0, 0.1) is 0 Å². The minimum atomic E-state index is -0.736. The lowest BCUT2D eigenvalue weighted by atomic mass is 9.93. The fourth-order valence-electron chi connectivity index (χ4n) is 1.44. The molecule has 14 heavy (non-hydrogen) atoms. The predicted molar refractivity (Wildman–Crippen MR) is 59.4 cm³/mol. The molecule has 0 heterocycles. The molecule has 1 aromatic carbocycles. The molecular formula is C11H13BrO2. The predicted octanol–water partition coefficient (Wildman–Crippen LogP) is 3.42. The number of hydrogen-bond donors (Lipinski definition) is 1. The molecular weight excluding hydrogens is 244 g/mol. The Morgan fingerprint density at radius 1 is 1.43 bits per heavy atom. The second-order valence-corrected chi connectivity index (χ2v) is 4.17. The van der Waals surface area contributed by atoms with Gasteiger partial charge in [-0.25, -0.2) is 0 Å². The van der Waals surface area contributed by atoms with E-state index in [-0.39, 0.29) is 12.3 Å². The van der Waals surface area contributed by atoms with E-state index in [2.05, 4.69) is 15.9 Å². The number of benzene rings is 1. The van der Waals surface area contributed by atoms with E-state index in [9.17, 15) is 4.79 Å². The Hall–Kier alpha value is -0.830. The average Bonchev–Trinajstić information content (AvgIpc) is 2.15. The van der Waals surface area contributed by atoms with E-state index in [0.29, 0.717) is 0 Å². The molecule has 0 unspecified atom stereocenters. The topological polar surface area (TPSA) is 37.3 Å². The van der Waals surface area contributed by atoms with Gasteiger partial charge in [0.1, 0.15) is 0 Å². The quantitative estimate of drug-likeness (QED) is 0.897. The number of carboxylic acids is 1.